The van der Waals surface area contributed by atoms with Gasteiger partial charge in [-0.3, -0.25) is 19.1 Å². The van der Waals surface area contributed by atoms with E-state index >= 15 is 0 Å². The molecule has 0 bridgehead atoms. The predicted octanol–water partition coefficient (Wildman–Crippen LogP) is 3.04. The van der Waals surface area contributed by atoms with Gasteiger partial charge in [0.15, 0.2) is 11.5 Å². The lowest BCUT2D eigenvalue weighted by atomic mass is 10.2. The van der Waals surface area contributed by atoms with Gasteiger partial charge in [0.2, 0.25) is 5.91 Å². The van der Waals surface area contributed by atoms with Crippen LogP contribution in [0.4, 0.5) is 16.2 Å². The predicted molar refractivity (Wildman–Crippen MR) is 124 cm³/mol. The summed E-state index contributed by atoms with van der Waals surface area (Å²) in [6.07, 6.45) is 1.66. The lowest BCUT2D eigenvalue weighted by molar-refractivity contribution is -0.116. The molecule has 0 unspecified atom stereocenters. The molecule has 0 saturated heterocycles. The third kappa shape index (κ3) is 5.40. The van der Waals surface area contributed by atoms with Crippen molar-refractivity contribution in [2.24, 2.45) is 0 Å². The summed E-state index contributed by atoms with van der Waals surface area (Å²) in [5.41, 5.74) is 1.53. The number of anilines is 2. The Morgan fingerprint density at radius 2 is 1.73 bits per heavy atom. The van der Waals surface area contributed by atoms with Gasteiger partial charge in [0.05, 0.1) is 38.6 Å². The SMILES string of the molecule is COC(=O)N(C)c1ccc(NC(=O)CCCn2cnc3cc(OC)c(OC)cc3c2=O)cc1. The maximum atomic E-state index is 12.8. The number of hydrogen-bond donors (Lipinski definition) is 1. The fourth-order valence-electron chi connectivity index (χ4n) is 3.29. The summed E-state index contributed by atoms with van der Waals surface area (Å²) in [6, 6.07) is 10.1. The number of methoxy groups -OCH3 is 3. The van der Waals surface area contributed by atoms with Crippen LogP contribution in [0, 0.1) is 0 Å². The first-order valence-electron chi connectivity index (χ1n) is 10.2. The zero-order chi connectivity index (χ0) is 24.0. The molecule has 0 aliphatic rings. The molecule has 1 N–H and O–H groups in total. The van der Waals surface area contributed by atoms with E-state index < -0.39 is 6.09 Å². The molecule has 174 valence electrons. The molecular weight excluding hydrogens is 428 g/mol. The van der Waals surface area contributed by atoms with E-state index in [0.717, 1.165) is 0 Å². The summed E-state index contributed by atoms with van der Waals surface area (Å²) in [5.74, 6) is 0.762. The van der Waals surface area contributed by atoms with Crippen molar-refractivity contribution in [2.75, 3.05) is 38.6 Å². The van der Waals surface area contributed by atoms with E-state index in [-0.39, 0.29) is 17.9 Å². The second kappa shape index (κ2) is 10.5. The summed E-state index contributed by atoms with van der Waals surface area (Å²) < 4.78 is 16.7. The van der Waals surface area contributed by atoms with E-state index in [9.17, 15) is 14.4 Å². The Hall–Kier alpha value is -4.08. The van der Waals surface area contributed by atoms with Gasteiger partial charge in [0.1, 0.15) is 0 Å². The molecule has 33 heavy (non-hydrogen) atoms. The zero-order valence-electron chi connectivity index (χ0n) is 19.0. The van der Waals surface area contributed by atoms with Crippen LogP contribution in [0.1, 0.15) is 12.8 Å². The minimum Gasteiger partial charge on any atom is -0.493 e. The lowest BCUT2D eigenvalue weighted by Crippen LogP contribution is -2.25. The number of benzene rings is 2. The third-order valence-electron chi connectivity index (χ3n) is 5.12. The van der Waals surface area contributed by atoms with E-state index in [1.165, 1.54) is 37.1 Å². The number of nitrogens with zero attached hydrogens (tertiary/aromatic N) is 3. The van der Waals surface area contributed by atoms with Crippen molar-refractivity contribution in [3.8, 4) is 11.5 Å². The molecule has 0 saturated carbocycles. The number of fused-ring (bicyclic) bond motifs is 1. The van der Waals surface area contributed by atoms with Crippen LogP contribution < -0.4 is 25.2 Å². The van der Waals surface area contributed by atoms with Gasteiger partial charge in [-0.15, -0.1) is 0 Å². The molecule has 10 nitrogen and oxygen atoms in total. The van der Waals surface area contributed by atoms with Crippen molar-refractivity contribution in [1.82, 2.24) is 9.55 Å². The van der Waals surface area contributed by atoms with Crippen LogP contribution in [0.15, 0.2) is 47.5 Å². The highest BCUT2D eigenvalue weighted by atomic mass is 16.5. The maximum absolute atomic E-state index is 12.8. The number of ether oxygens (including phenoxy) is 3. The molecule has 0 aliphatic heterocycles. The summed E-state index contributed by atoms with van der Waals surface area (Å²) in [4.78, 5) is 42.3. The third-order valence-corrected chi connectivity index (χ3v) is 5.12. The highest BCUT2D eigenvalue weighted by Gasteiger charge is 2.12. The van der Waals surface area contributed by atoms with Gasteiger partial charge in [-0.2, -0.15) is 0 Å². The van der Waals surface area contributed by atoms with Crippen LogP contribution in [0.3, 0.4) is 0 Å². The molecule has 10 heteroatoms. The largest absolute Gasteiger partial charge is 0.493 e. The summed E-state index contributed by atoms with van der Waals surface area (Å²) in [6.45, 7) is 0.340. The number of carbonyl (C=O) groups is 2. The van der Waals surface area contributed by atoms with Crippen molar-refractivity contribution >= 4 is 34.3 Å². The Balaban J connectivity index is 1.60. The van der Waals surface area contributed by atoms with Crippen LogP contribution in [0.5, 0.6) is 11.5 Å². The van der Waals surface area contributed by atoms with Gasteiger partial charge in [0.25, 0.3) is 5.56 Å². The summed E-state index contributed by atoms with van der Waals surface area (Å²) in [7, 11) is 5.92. The standard InChI is InChI=1S/C23H26N4O6/c1-26(23(30)33-4)16-9-7-15(8-10-16)25-21(28)6-5-11-27-14-24-18-13-20(32-3)19(31-2)12-17(18)22(27)29/h7-10,12-14H,5-6,11H2,1-4H3,(H,25,28). The number of hydrogen-bond acceptors (Lipinski definition) is 7. The molecular formula is C23H26N4O6. The van der Waals surface area contributed by atoms with Crippen LogP contribution >= 0.6 is 0 Å². The number of carbonyl (C=O) groups excluding carboxylic acids is 2. The average Bonchev–Trinajstić information content (AvgIpc) is 2.84. The molecule has 2 aromatic carbocycles. The highest BCUT2D eigenvalue weighted by Crippen LogP contribution is 2.29. The summed E-state index contributed by atoms with van der Waals surface area (Å²) in [5, 5.41) is 3.22. The van der Waals surface area contributed by atoms with Gasteiger partial charge >= 0.3 is 6.09 Å². The van der Waals surface area contributed by atoms with Crippen molar-refractivity contribution in [3.05, 3.63) is 53.1 Å². The second-order valence-corrected chi connectivity index (χ2v) is 7.20. The number of amides is 2. The molecule has 2 amide bonds. The number of aromatic nitrogens is 2. The minimum absolute atomic E-state index is 0.183. The zero-order valence-corrected chi connectivity index (χ0v) is 19.0. The Morgan fingerprint density at radius 1 is 1.06 bits per heavy atom. The Morgan fingerprint density at radius 3 is 2.36 bits per heavy atom. The van der Waals surface area contributed by atoms with Gasteiger partial charge in [-0.1, -0.05) is 0 Å². The van der Waals surface area contributed by atoms with E-state index in [4.69, 9.17) is 9.47 Å². The first kappa shape index (κ1) is 23.6. The van der Waals surface area contributed by atoms with Crippen LogP contribution in [0.25, 0.3) is 10.9 Å². The molecule has 0 fully saturated rings. The average molecular weight is 454 g/mol. The molecule has 0 radical (unpaired) electrons. The smallest absolute Gasteiger partial charge is 0.413 e. The monoisotopic (exact) mass is 454 g/mol. The van der Waals surface area contributed by atoms with E-state index in [0.29, 0.717) is 46.7 Å². The first-order chi connectivity index (χ1) is 15.9. The Bertz CT molecular complexity index is 1210. The molecule has 3 rings (SSSR count). The fraction of sp³-hybridized carbons (Fsp3) is 0.304. The lowest BCUT2D eigenvalue weighted by Gasteiger charge is -2.16. The second-order valence-electron chi connectivity index (χ2n) is 7.20. The number of nitrogens with one attached hydrogen (secondary N) is 1. The van der Waals surface area contributed by atoms with Crippen LogP contribution in [-0.2, 0) is 16.1 Å². The number of aryl methyl sites for hydroxylation is 1. The quantitative estimate of drug-likeness (QED) is 0.557. The molecule has 1 heterocycles. The Kier molecular flexibility index (Phi) is 7.50. The topological polar surface area (TPSA) is 112 Å². The fourth-order valence-corrected chi connectivity index (χ4v) is 3.29. The maximum Gasteiger partial charge on any atom is 0.413 e. The van der Waals surface area contributed by atoms with Crippen molar-refractivity contribution < 1.29 is 23.8 Å². The summed E-state index contributed by atoms with van der Waals surface area (Å²) >= 11 is 0. The van der Waals surface area contributed by atoms with Crippen molar-refractivity contribution in [2.45, 2.75) is 19.4 Å². The van der Waals surface area contributed by atoms with Crippen LogP contribution in [0.2, 0.25) is 0 Å². The molecule has 3 aromatic rings. The molecule has 0 spiro atoms. The first-order valence-corrected chi connectivity index (χ1v) is 10.2. The highest BCUT2D eigenvalue weighted by molar-refractivity contribution is 5.91. The van der Waals surface area contributed by atoms with Crippen molar-refractivity contribution in [3.63, 3.8) is 0 Å². The molecule has 0 atom stereocenters. The van der Waals surface area contributed by atoms with E-state index in [1.807, 2.05) is 0 Å². The normalized spacial score (nSPS) is 10.5. The Labute approximate surface area is 190 Å². The number of rotatable bonds is 8. The van der Waals surface area contributed by atoms with Gasteiger partial charge in [0, 0.05) is 37.5 Å². The molecule has 0 aliphatic carbocycles. The van der Waals surface area contributed by atoms with E-state index in [2.05, 4.69) is 15.0 Å². The molecule has 1 aromatic heterocycles. The minimum atomic E-state index is -0.484. The van der Waals surface area contributed by atoms with Gasteiger partial charge < -0.3 is 19.5 Å². The van der Waals surface area contributed by atoms with E-state index in [1.54, 1.807) is 43.4 Å². The van der Waals surface area contributed by atoms with Crippen LogP contribution in [-0.4, -0.2) is 49.9 Å². The van der Waals surface area contributed by atoms with Gasteiger partial charge in [-0.05, 0) is 36.8 Å². The van der Waals surface area contributed by atoms with Gasteiger partial charge in [-0.25, -0.2) is 9.78 Å². The van der Waals surface area contributed by atoms with Crippen molar-refractivity contribution in [1.29, 1.82) is 0 Å².